The molecule has 4 nitrogen and oxygen atoms in total. The van der Waals surface area contributed by atoms with E-state index < -0.39 is 10.0 Å². The van der Waals surface area contributed by atoms with Crippen LogP contribution in [-0.2, 0) is 10.0 Å². The molecule has 0 radical (unpaired) electrons. The summed E-state index contributed by atoms with van der Waals surface area (Å²) in [4.78, 5) is 0.224. The number of rotatable bonds is 4. The zero-order valence-electron chi connectivity index (χ0n) is 18.0. The summed E-state index contributed by atoms with van der Waals surface area (Å²) in [6.45, 7) is 3.86. The SMILES string of the molecule is Cc1ccc(NS(=O)(=O)c2ccc3c(c2)[C@H]2C=CC[C@@H]2[C@H](c2ccccc2F)N3)c(C)c1. The van der Waals surface area contributed by atoms with Crippen LogP contribution < -0.4 is 10.0 Å². The molecule has 1 heterocycles. The molecule has 0 amide bonds. The molecule has 164 valence electrons. The molecule has 32 heavy (non-hydrogen) atoms. The van der Waals surface area contributed by atoms with Crippen molar-refractivity contribution in [2.75, 3.05) is 10.0 Å². The Hall–Kier alpha value is -3.12. The molecule has 0 saturated carbocycles. The Morgan fingerprint density at radius 3 is 2.59 bits per heavy atom. The number of hydrogen-bond acceptors (Lipinski definition) is 3. The van der Waals surface area contributed by atoms with Crippen LogP contribution in [0.15, 0.2) is 77.7 Å². The maximum Gasteiger partial charge on any atom is 0.261 e. The zero-order valence-corrected chi connectivity index (χ0v) is 18.8. The molecule has 0 fully saturated rings. The summed E-state index contributed by atoms with van der Waals surface area (Å²) in [5.41, 5.74) is 4.94. The van der Waals surface area contributed by atoms with Gasteiger partial charge < -0.3 is 5.32 Å². The molecule has 0 spiro atoms. The van der Waals surface area contributed by atoms with Gasteiger partial charge in [-0.15, -0.1) is 0 Å². The minimum Gasteiger partial charge on any atom is -0.378 e. The minimum atomic E-state index is -3.75. The summed E-state index contributed by atoms with van der Waals surface area (Å²) in [6.07, 6.45) is 5.04. The number of hydrogen-bond donors (Lipinski definition) is 2. The van der Waals surface area contributed by atoms with E-state index in [2.05, 4.69) is 22.2 Å². The van der Waals surface area contributed by atoms with E-state index in [9.17, 15) is 12.8 Å². The van der Waals surface area contributed by atoms with Crippen LogP contribution in [0.25, 0.3) is 0 Å². The van der Waals surface area contributed by atoms with Crippen LogP contribution >= 0.6 is 0 Å². The summed E-state index contributed by atoms with van der Waals surface area (Å²) in [5, 5.41) is 3.47. The van der Waals surface area contributed by atoms with E-state index in [1.54, 1.807) is 30.3 Å². The Labute approximate surface area is 188 Å². The van der Waals surface area contributed by atoms with Crippen molar-refractivity contribution in [1.29, 1.82) is 0 Å². The smallest absolute Gasteiger partial charge is 0.261 e. The fraction of sp³-hybridized carbons (Fsp3) is 0.231. The molecule has 2 aliphatic rings. The monoisotopic (exact) mass is 448 g/mol. The maximum absolute atomic E-state index is 14.5. The number of nitrogens with one attached hydrogen (secondary N) is 2. The fourth-order valence-electron chi connectivity index (χ4n) is 4.91. The maximum atomic E-state index is 14.5. The van der Waals surface area contributed by atoms with Crippen molar-refractivity contribution in [1.82, 2.24) is 0 Å². The molecule has 1 aliphatic carbocycles. The topological polar surface area (TPSA) is 58.2 Å². The van der Waals surface area contributed by atoms with E-state index in [0.29, 0.717) is 11.3 Å². The predicted octanol–water partition coefficient (Wildman–Crippen LogP) is 6.07. The van der Waals surface area contributed by atoms with E-state index in [1.165, 1.54) is 6.07 Å². The van der Waals surface area contributed by atoms with Crippen molar-refractivity contribution in [2.45, 2.75) is 37.1 Å². The van der Waals surface area contributed by atoms with Gasteiger partial charge in [0.25, 0.3) is 10.0 Å². The average Bonchev–Trinajstić information content (AvgIpc) is 3.26. The van der Waals surface area contributed by atoms with Gasteiger partial charge in [-0.3, -0.25) is 4.72 Å². The molecule has 3 aromatic rings. The van der Waals surface area contributed by atoms with Crippen molar-refractivity contribution in [3.8, 4) is 0 Å². The molecule has 5 rings (SSSR count). The summed E-state index contributed by atoms with van der Waals surface area (Å²) < 4.78 is 43.6. The summed E-state index contributed by atoms with van der Waals surface area (Å²) in [5.74, 6) is -0.0623. The number of fused-ring (bicyclic) bond motifs is 3. The molecule has 1 aliphatic heterocycles. The third-order valence-electron chi connectivity index (χ3n) is 6.51. The Kier molecular flexibility index (Phi) is 5.05. The lowest BCUT2D eigenvalue weighted by Crippen LogP contribution is -2.30. The lowest BCUT2D eigenvalue weighted by atomic mass is 9.77. The van der Waals surface area contributed by atoms with Gasteiger partial charge in [0.15, 0.2) is 0 Å². The number of allylic oxidation sites excluding steroid dienone is 2. The van der Waals surface area contributed by atoms with Gasteiger partial charge >= 0.3 is 0 Å². The Morgan fingerprint density at radius 1 is 1.00 bits per heavy atom. The minimum absolute atomic E-state index is 0.0344. The van der Waals surface area contributed by atoms with E-state index in [0.717, 1.165) is 28.8 Å². The number of aryl methyl sites for hydroxylation is 2. The highest BCUT2D eigenvalue weighted by Crippen LogP contribution is 2.50. The molecule has 3 atom stereocenters. The standard InChI is InChI=1S/C26H25FN2O2S/c1-16-10-12-24(17(2)14-16)29-32(30,31)18-11-13-25-22(15-18)19-7-5-8-20(19)26(28-25)21-6-3-4-9-23(21)27/h3-7,9-15,19-20,26,28-29H,8H2,1-2H3/t19-,20-,26+/m0/s1. The first kappa shape index (κ1) is 20.8. The van der Waals surface area contributed by atoms with Gasteiger partial charge in [-0.05, 0) is 67.6 Å². The number of anilines is 2. The lowest BCUT2D eigenvalue weighted by molar-refractivity contribution is 0.413. The first-order chi connectivity index (χ1) is 15.3. The van der Waals surface area contributed by atoms with E-state index in [-0.39, 0.29) is 28.6 Å². The zero-order chi connectivity index (χ0) is 22.5. The highest BCUT2D eigenvalue weighted by molar-refractivity contribution is 7.92. The first-order valence-electron chi connectivity index (χ1n) is 10.7. The van der Waals surface area contributed by atoms with Crippen LogP contribution in [-0.4, -0.2) is 8.42 Å². The van der Waals surface area contributed by atoms with Crippen molar-refractivity contribution in [3.63, 3.8) is 0 Å². The molecule has 0 bridgehead atoms. The Morgan fingerprint density at radius 2 is 1.81 bits per heavy atom. The fourth-order valence-corrected chi connectivity index (χ4v) is 6.07. The Bertz CT molecular complexity index is 1330. The quantitative estimate of drug-likeness (QED) is 0.476. The van der Waals surface area contributed by atoms with Gasteiger partial charge in [0.1, 0.15) is 5.82 Å². The average molecular weight is 449 g/mol. The number of benzene rings is 3. The van der Waals surface area contributed by atoms with Crippen molar-refractivity contribution < 1.29 is 12.8 Å². The largest absolute Gasteiger partial charge is 0.378 e. The number of sulfonamides is 1. The molecule has 6 heteroatoms. The van der Waals surface area contributed by atoms with Gasteiger partial charge in [0, 0.05) is 17.2 Å². The van der Waals surface area contributed by atoms with Crippen LogP contribution in [0.1, 0.15) is 40.6 Å². The van der Waals surface area contributed by atoms with E-state index in [1.807, 2.05) is 38.1 Å². The highest BCUT2D eigenvalue weighted by atomic mass is 32.2. The van der Waals surface area contributed by atoms with Crippen LogP contribution in [0, 0.1) is 25.6 Å². The summed E-state index contributed by atoms with van der Waals surface area (Å²) >= 11 is 0. The van der Waals surface area contributed by atoms with Crippen molar-refractivity contribution in [3.05, 3.63) is 101 Å². The molecular weight excluding hydrogens is 423 g/mol. The molecular formula is C26H25FN2O2S. The predicted molar refractivity (Wildman–Crippen MR) is 126 cm³/mol. The second-order valence-corrected chi connectivity index (χ2v) is 10.4. The van der Waals surface area contributed by atoms with Crippen molar-refractivity contribution in [2.24, 2.45) is 5.92 Å². The summed E-state index contributed by atoms with van der Waals surface area (Å²) in [6, 6.07) is 17.5. The van der Waals surface area contributed by atoms with Gasteiger partial charge in [-0.25, -0.2) is 12.8 Å². The molecule has 3 aromatic carbocycles. The van der Waals surface area contributed by atoms with Crippen molar-refractivity contribution >= 4 is 21.4 Å². The summed E-state index contributed by atoms with van der Waals surface area (Å²) in [7, 11) is -3.75. The van der Waals surface area contributed by atoms with Gasteiger partial charge in [0.05, 0.1) is 16.6 Å². The van der Waals surface area contributed by atoms with Gasteiger partial charge in [0.2, 0.25) is 0 Å². The lowest BCUT2D eigenvalue weighted by Gasteiger charge is -2.37. The first-order valence-corrected chi connectivity index (χ1v) is 12.2. The van der Waals surface area contributed by atoms with Crippen LogP contribution in [0.2, 0.25) is 0 Å². The molecule has 0 unspecified atom stereocenters. The van der Waals surface area contributed by atoms with E-state index >= 15 is 0 Å². The Balaban J connectivity index is 1.50. The third-order valence-corrected chi connectivity index (χ3v) is 7.87. The van der Waals surface area contributed by atoms with Gasteiger partial charge in [-0.1, -0.05) is 48.0 Å². The van der Waals surface area contributed by atoms with Crippen LogP contribution in [0.5, 0.6) is 0 Å². The highest BCUT2D eigenvalue weighted by Gasteiger charge is 2.39. The second-order valence-electron chi connectivity index (χ2n) is 8.67. The van der Waals surface area contributed by atoms with Gasteiger partial charge in [-0.2, -0.15) is 0 Å². The molecule has 2 N–H and O–H groups in total. The molecule has 0 aromatic heterocycles. The third kappa shape index (κ3) is 3.58. The van der Waals surface area contributed by atoms with E-state index in [4.69, 9.17) is 0 Å². The second kappa shape index (κ2) is 7.78. The number of halogens is 1. The normalized spacial score (nSPS) is 21.5. The molecule has 0 saturated heterocycles. The van der Waals surface area contributed by atoms with Crippen LogP contribution in [0.4, 0.5) is 15.8 Å². The van der Waals surface area contributed by atoms with Crippen LogP contribution in [0.3, 0.4) is 0 Å².